The van der Waals surface area contributed by atoms with Gasteiger partial charge in [-0.2, -0.15) is 0 Å². The van der Waals surface area contributed by atoms with E-state index in [9.17, 15) is 4.79 Å². The van der Waals surface area contributed by atoms with E-state index in [2.05, 4.69) is 25.3 Å². The van der Waals surface area contributed by atoms with E-state index in [1.54, 1.807) is 6.20 Å². The quantitative estimate of drug-likeness (QED) is 0.779. The molecule has 0 aliphatic heterocycles. The van der Waals surface area contributed by atoms with E-state index < -0.39 is 0 Å². The largest absolute Gasteiger partial charge is 0.362 e. The van der Waals surface area contributed by atoms with E-state index >= 15 is 0 Å². The van der Waals surface area contributed by atoms with Crippen molar-refractivity contribution in [3.63, 3.8) is 0 Å². The molecule has 0 saturated heterocycles. The van der Waals surface area contributed by atoms with Gasteiger partial charge in [0.05, 0.1) is 17.1 Å². The minimum atomic E-state index is -0.353. The molecule has 7 heteroatoms. The molecule has 0 aromatic carbocycles. The summed E-state index contributed by atoms with van der Waals surface area (Å²) in [6.07, 6.45) is 1.70. The van der Waals surface area contributed by atoms with Gasteiger partial charge in [-0.25, -0.2) is 15.0 Å². The lowest BCUT2D eigenvalue weighted by molar-refractivity contribution is 0.0929. The van der Waals surface area contributed by atoms with E-state index in [4.69, 9.17) is 0 Å². The van der Waals surface area contributed by atoms with Crippen molar-refractivity contribution in [1.29, 1.82) is 0 Å². The maximum atomic E-state index is 12.7. The number of hydrogen-bond donors (Lipinski definition) is 1. The summed E-state index contributed by atoms with van der Waals surface area (Å²) < 4.78 is 0. The molecule has 3 aromatic heterocycles. The number of nitrogens with one attached hydrogen (secondary N) is 1. The average Bonchev–Trinajstić information content (AvgIpc) is 2.60. The summed E-state index contributed by atoms with van der Waals surface area (Å²) >= 11 is 0. The fraction of sp³-hybridized carbons (Fsp3) is 0.316. The lowest BCUT2D eigenvalue weighted by Crippen LogP contribution is -2.29. The normalized spacial score (nSPS) is 12.0. The van der Waals surface area contributed by atoms with Crippen LogP contribution in [0.15, 0.2) is 30.5 Å². The molecule has 1 amide bonds. The summed E-state index contributed by atoms with van der Waals surface area (Å²) in [5.41, 5.74) is 3.19. The Morgan fingerprint density at radius 2 is 1.92 bits per heavy atom. The van der Waals surface area contributed by atoms with Crippen LogP contribution in [0.3, 0.4) is 0 Å². The monoisotopic (exact) mass is 350 g/mol. The third-order valence-corrected chi connectivity index (χ3v) is 4.08. The van der Waals surface area contributed by atoms with Gasteiger partial charge in [0.1, 0.15) is 5.82 Å². The van der Waals surface area contributed by atoms with Crippen LogP contribution in [0.1, 0.15) is 40.5 Å². The summed E-state index contributed by atoms with van der Waals surface area (Å²) in [6, 6.07) is 7.33. The molecule has 1 N–H and O–H groups in total. The molecule has 7 nitrogen and oxygen atoms in total. The summed E-state index contributed by atoms with van der Waals surface area (Å²) in [6.45, 7) is 5.78. The van der Waals surface area contributed by atoms with Crippen LogP contribution in [-0.4, -0.2) is 39.9 Å². The lowest BCUT2D eigenvalue weighted by atomic mass is 10.1. The lowest BCUT2D eigenvalue weighted by Gasteiger charge is -2.17. The Kier molecular flexibility index (Phi) is 4.79. The highest BCUT2D eigenvalue weighted by Gasteiger charge is 2.19. The molecule has 26 heavy (non-hydrogen) atoms. The SMILES string of the molecule is Cc1cc(C)c2c(N(C)C)nc(C(=O)N[C@@H](C)c3ccccn3)nc2n1. The van der Waals surface area contributed by atoms with Gasteiger partial charge in [-0.3, -0.25) is 9.78 Å². The first-order chi connectivity index (χ1) is 12.4. The molecule has 0 spiro atoms. The van der Waals surface area contributed by atoms with E-state index in [0.717, 1.165) is 22.3 Å². The molecule has 3 aromatic rings. The maximum Gasteiger partial charge on any atom is 0.289 e. The number of hydrogen-bond acceptors (Lipinski definition) is 6. The van der Waals surface area contributed by atoms with Crippen molar-refractivity contribution in [3.8, 4) is 0 Å². The molecule has 0 aliphatic carbocycles. The van der Waals surface area contributed by atoms with Gasteiger partial charge in [0, 0.05) is 26.0 Å². The molecule has 0 aliphatic rings. The van der Waals surface area contributed by atoms with Crippen molar-refractivity contribution < 1.29 is 4.79 Å². The zero-order valence-electron chi connectivity index (χ0n) is 15.6. The van der Waals surface area contributed by atoms with Gasteiger partial charge in [-0.15, -0.1) is 0 Å². The number of amides is 1. The molecule has 134 valence electrons. The minimum Gasteiger partial charge on any atom is -0.362 e. The number of aryl methyl sites for hydroxylation is 2. The Bertz CT molecular complexity index is 955. The molecule has 0 unspecified atom stereocenters. The van der Waals surface area contributed by atoms with Crippen LogP contribution in [0.2, 0.25) is 0 Å². The topological polar surface area (TPSA) is 83.9 Å². The Balaban J connectivity index is 2.00. The predicted molar refractivity (Wildman–Crippen MR) is 101 cm³/mol. The Morgan fingerprint density at radius 3 is 2.58 bits per heavy atom. The smallest absolute Gasteiger partial charge is 0.289 e. The molecule has 0 bridgehead atoms. The van der Waals surface area contributed by atoms with Gasteiger partial charge < -0.3 is 10.2 Å². The number of rotatable bonds is 4. The second kappa shape index (κ2) is 7.03. The molecular weight excluding hydrogens is 328 g/mol. The Morgan fingerprint density at radius 1 is 1.15 bits per heavy atom. The fourth-order valence-electron chi connectivity index (χ4n) is 2.85. The third kappa shape index (κ3) is 3.46. The van der Waals surface area contributed by atoms with Crippen molar-refractivity contribution in [2.24, 2.45) is 0 Å². The second-order valence-electron chi connectivity index (χ2n) is 6.49. The molecular formula is C19H22N6O. The molecule has 3 heterocycles. The first kappa shape index (κ1) is 17.7. The van der Waals surface area contributed by atoms with Gasteiger partial charge in [0.2, 0.25) is 5.82 Å². The van der Waals surface area contributed by atoms with Crippen LogP contribution in [-0.2, 0) is 0 Å². The number of carbonyl (C=O) groups is 1. The van der Waals surface area contributed by atoms with E-state index in [-0.39, 0.29) is 17.8 Å². The number of aromatic nitrogens is 4. The van der Waals surface area contributed by atoms with E-state index in [1.165, 1.54) is 0 Å². The third-order valence-electron chi connectivity index (χ3n) is 4.08. The highest BCUT2D eigenvalue weighted by atomic mass is 16.2. The summed E-state index contributed by atoms with van der Waals surface area (Å²) in [7, 11) is 3.78. The van der Waals surface area contributed by atoms with Crippen molar-refractivity contribution in [1.82, 2.24) is 25.3 Å². The number of pyridine rings is 2. The first-order valence-electron chi connectivity index (χ1n) is 8.42. The van der Waals surface area contributed by atoms with Crippen LogP contribution in [0.25, 0.3) is 11.0 Å². The molecule has 0 fully saturated rings. The summed E-state index contributed by atoms with van der Waals surface area (Å²) in [4.78, 5) is 32.2. The zero-order valence-corrected chi connectivity index (χ0v) is 15.6. The zero-order chi connectivity index (χ0) is 18.8. The van der Waals surface area contributed by atoms with Gasteiger partial charge in [-0.1, -0.05) is 6.07 Å². The van der Waals surface area contributed by atoms with Gasteiger partial charge in [-0.05, 0) is 44.5 Å². The first-order valence-corrected chi connectivity index (χ1v) is 8.42. The number of anilines is 1. The summed E-state index contributed by atoms with van der Waals surface area (Å²) in [5, 5.41) is 3.76. The van der Waals surface area contributed by atoms with E-state index in [1.807, 2.05) is 64.0 Å². The Hall–Kier alpha value is -3.09. The van der Waals surface area contributed by atoms with Gasteiger partial charge in [0.25, 0.3) is 5.91 Å². The highest BCUT2D eigenvalue weighted by molar-refractivity contribution is 5.96. The standard InChI is InChI=1S/C19H22N6O/c1-11-10-12(2)21-16-15(11)18(25(4)5)24-17(23-16)19(26)22-13(3)14-8-6-7-9-20-14/h6-10,13H,1-5H3,(H,22,26)/t13-/m0/s1. The van der Waals surface area contributed by atoms with Crippen molar-refractivity contribution in [2.75, 3.05) is 19.0 Å². The Labute approximate surface area is 152 Å². The predicted octanol–water partition coefficient (Wildman–Crippen LogP) is 2.59. The molecule has 1 atom stereocenters. The summed E-state index contributed by atoms with van der Waals surface area (Å²) in [5.74, 6) is 0.422. The number of carbonyl (C=O) groups excluding carboxylic acids is 1. The van der Waals surface area contributed by atoms with Crippen LogP contribution >= 0.6 is 0 Å². The van der Waals surface area contributed by atoms with Crippen molar-refractivity contribution in [2.45, 2.75) is 26.8 Å². The van der Waals surface area contributed by atoms with Gasteiger partial charge >= 0.3 is 0 Å². The highest BCUT2D eigenvalue weighted by Crippen LogP contribution is 2.25. The molecule has 3 rings (SSSR count). The van der Waals surface area contributed by atoms with Crippen LogP contribution in [0.5, 0.6) is 0 Å². The van der Waals surface area contributed by atoms with Crippen LogP contribution < -0.4 is 10.2 Å². The second-order valence-corrected chi connectivity index (χ2v) is 6.49. The maximum absolute atomic E-state index is 12.7. The van der Waals surface area contributed by atoms with Crippen LogP contribution in [0, 0.1) is 13.8 Å². The molecule has 0 saturated carbocycles. The minimum absolute atomic E-state index is 0.0986. The number of nitrogens with zero attached hydrogens (tertiary/aromatic N) is 5. The van der Waals surface area contributed by atoms with Crippen molar-refractivity contribution >= 4 is 22.8 Å². The van der Waals surface area contributed by atoms with Crippen molar-refractivity contribution in [3.05, 3.63) is 53.2 Å². The fourth-order valence-corrected chi connectivity index (χ4v) is 2.85. The average molecular weight is 350 g/mol. The van der Waals surface area contributed by atoms with Gasteiger partial charge in [0.15, 0.2) is 5.65 Å². The number of fused-ring (bicyclic) bond motifs is 1. The molecule has 0 radical (unpaired) electrons. The van der Waals surface area contributed by atoms with E-state index in [0.29, 0.717) is 11.5 Å². The van der Waals surface area contributed by atoms with Crippen LogP contribution in [0.4, 0.5) is 5.82 Å².